The summed E-state index contributed by atoms with van der Waals surface area (Å²) in [4.78, 5) is 25.7. The van der Waals surface area contributed by atoms with Gasteiger partial charge in [0.15, 0.2) is 24.6 Å². The number of benzene rings is 1. The van der Waals surface area contributed by atoms with Crippen molar-refractivity contribution in [3.8, 4) is 11.5 Å². The highest BCUT2D eigenvalue weighted by atomic mass is 16.5. The van der Waals surface area contributed by atoms with Crippen LogP contribution in [0.2, 0.25) is 0 Å². The van der Waals surface area contributed by atoms with Crippen molar-refractivity contribution in [2.75, 3.05) is 32.8 Å². The fourth-order valence-corrected chi connectivity index (χ4v) is 3.37. The summed E-state index contributed by atoms with van der Waals surface area (Å²) in [6.07, 6.45) is 0.856. The first-order chi connectivity index (χ1) is 13.8. The molecule has 0 fully saturated rings. The molecule has 1 heterocycles. The monoisotopic (exact) mass is 406 g/mol. The summed E-state index contributed by atoms with van der Waals surface area (Å²) in [5, 5.41) is 6.03. The van der Waals surface area contributed by atoms with E-state index < -0.39 is 0 Å². The van der Waals surface area contributed by atoms with Crippen LogP contribution in [-0.2, 0) is 9.59 Å². The smallest absolute Gasteiger partial charge is 0.275 e. The number of quaternary nitrogens is 1. The van der Waals surface area contributed by atoms with Crippen LogP contribution in [-0.4, -0.2) is 50.7 Å². The molecule has 0 bridgehead atoms. The van der Waals surface area contributed by atoms with Crippen LogP contribution < -0.4 is 25.0 Å². The molecule has 2 rings (SSSR count). The Labute approximate surface area is 174 Å². The van der Waals surface area contributed by atoms with Crippen molar-refractivity contribution in [1.82, 2.24) is 10.6 Å². The predicted molar refractivity (Wildman–Crippen MR) is 112 cm³/mol. The van der Waals surface area contributed by atoms with E-state index in [1.165, 1.54) is 0 Å². The number of rotatable bonds is 9. The largest absolute Gasteiger partial charge is 0.490 e. The average molecular weight is 407 g/mol. The Kier molecular flexibility index (Phi) is 8.76. The van der Waals surface area contributed by atoms with Crippen LogP contribution in [0.3, 0.4) is 0 Å². The van der Waals surface area contributed by atoms with Crippen molar-refractivity contribution in [2.24, 2.45) is 5.92 Å². The van der Waals surface area contributed by atoms with Crippen LogP contribution in [0, 0.1) is 5.92 Å². The van der Waals surface area contributed by atoms with E-state index in [4.69, 9.17) is 9.47 Å². The third-order valence-electron chi connectivity index (χ3n) is 4.88. The molecular formula is C22H36N3O4+. The van der Waals surface area contributed by atoms with Gasteiger partial charge in [0, 0.05) is 12.5 Å². The quantitative estimate of drug-likeness (QED) is 0.574. The summed E-state index contributed by atoms with van der Waals surface area (Å²) >= 11 is 0. The number of likely N-dealkylation sites (N-methyl/N-ethyl adjacent to an activating group) is 1. The van der Waals surface area contributed by atoms with Gasteiger partial charge in [0.2, 0.25) is 0 Å². The molecule has 1 aromatic rings. The van der Waals surface area contributed by atoms with Crippen molar-refractivity contribution < 1.29 is 24.0 Å². The maximum Gasteiger partial charge on any atom is 0.275 e. The van der Waals surface area contributed by atoms with E-state index in [2.05, 4.69) is 24.5 Å². The minimum Gasteiger partial charge on any atom is -0.490 e. The van der Waals surface area contributed by atoms with Crippen LogP contribution >= 0.6 is 0 Å². The van der Waals surface area contributed by atoms with Gasteiger partial charge in [-0.1, -0.05) is 19.9 Å². The maximum atomic E-state index is 12.7. The first kappa shape index (κ1) is 23.0. The van der Waals surface area contributed by atoms with E-state index >= 15 is 0 Å². The van der Waals surface area contributed by atoms with Crippen LogP contribution in [0.1, 0.15) is 52.6 Å². The number of carbonyl (C=O) groups excluding carboxylic acids is 2. The molecule has 1 aromatic carbocycles. The lowest BCUT2D eigenvalue weighted by molar-refractivity contribution is -0.881. The average Bonchev–Trinajstić information content (AvgIpc) is 2.89. The molecule has 0 saturated heterocycles. The Morgan fingerprint density at radius 1 is 1.00 bits per heavy atom. The molecule has 7 nitrogen and oxygen atoms in total. The topological polar surface area (TPSA) is 81.1 Å². The van der Waals surface area contributed by atoms with E-state index in [1.807, 2.05) is 39.0 Å². The van der Waals surface area contributed by atoms with Crippen LogP contribution in [0.4, 0.5) is 0 Å². The summed E-state index contributed by atoms with van der Waals surface area (Å²) in [6.45, 7) is 12.5. The predicted octanol–water partition coefficient (Wildman–Crippen LogP) is 1.09. The minimum absolute atomic E-state index is 0.0343. The number of hydrogen-bond donors (Lipinski definition) is 3. The molecule has 1 unspecified atom stereocenters. The lowest BCUT2D eigenvalue weighted by Crippen LogP contribution is -3.14. The zero-order valence-electron chi connectivity index (χ0n) is 18.3. The van der Waals surface area contributed by atoms with Gasteiger partial charge in [0.1, 0.15) is 0 Å². The Hall–Kier alpha value is -2.28. The normalized spacial score (nSPS) is 15.6. The molecule has 0 aromatic heterocycles. The van der Waals surface area contributed by atoms with Crippen molar-refractivity contribution in [3.63, 3.8) is 0 Å². The molecule has 2 atom stereocenters. The van der Waals surface area contributed by atoms with Gasteiger partial charge in [0.25, 0.3) is 11.8 Å². The lowest BCUT2D eigenvalue weighted by Gasteiger charge is -2.25. The molecule has 1 aliphatic rings. The molecule has 0 spiro atoms. The van der Waals surface area contributed by atoms with Crippen molar-refractivity contribution >= 4 is 11.8 Å². The van der Waals surface area contributed by atoms with E-state index in [1.54, 1.807) is 0 Å². The number of ether oxygens (including phenoxy) is 2. The van der Waals surface area contributed by atoms with Crippen molar-refractivity contribution in [2.45, 2.75) is 53.1 Å². The fourth-order valence-electron chi connectivity index (χ4n) is 3.37. The highest BCUT2D eigenvalue weighted by molar-refractivity contribution is 5.79. The summed E-state index contributed by atoms with van der Waals surface area (Å²) < 4.78 is 11.5. The maximum absolute atomic E-state index is 12.7. The summed E-state index contributed by atoms with van der Waals surface area (Å²) in [7, 11) is 0. The van der Waals surface area contributed by atoms with Crippen molar-refractivity contribution in [1.29, 1.82) is 0 Å². The fraction of sp³-hybridized carbons (Fsp3) is 0.636. The third-order valence-corrected chi connectivity index (χ3v) is 4.88. The summed E-state index contributed by atoms with van der Waals surface area (Å²) in [5.74, 6) is 1.58. The van der Waals surface area contributed by atoms with Crippen LogP contribution in [0.25, 0.3) is 0 Å². The second-order valence-electron chi connectivity index (χ2n) is 8.23. The number of amides is 2. The molecule has 0 radical (unpaired) electrons. The van der Waals surface area contributed by atoms with E-state index in [9.17, 15) is 9.59 Å². The van der Waals surface area contributed by atoms with E-state index in [0.29, 0.717) is 26.3 Å². The highest BCUT2D eigenvalue weighted by Gasteiger charge is 2.24. The number of fused-ring (bicyclic) bond motifs is 1. The second kappa shape index (κ2) is 11.0. The Morgan fingerprint density at radius 3 is 2.21 bits per heavy atom. The lowest BCUT2D eigenvalue weighted by atomic mass is 9.95. The van der Waals surface area contributed by atoms with Crippen molar-refractivity contribution in [3.05, 3.63) is 23.8 Å². The van der Waals surface area contributed by atoms with Gasteiger partial charge < -0.3 is 25.0 Å². The Bertz CT molecular complexity index is 691. The number of hydrogen-bond acceptors (Lipinski definition) is 4. The molecule has 29 heavy (non-hydrogen) atoms. The molecule has 3 N–H and O–H groups in total. The SMILES string of the molecule is CC[NH+](CC(=O)NC(C)C)CC(=O)N[C@@H](c1ccc2c(c1)OCCCO2)C(C)C. The zero-order chi connectivity index (χ0) is 21.4. The van der Waals surface area contributed by atoms with Gasteiger partial charge in [-0.2, -0.15) is 0 Å². The first-order valence-corrected chi connectivity index (χ1v) is 10.6. The van der Waals surface area contributed by atoms with Crippen LogP contribution in [0.5, 0.6) is 11.5 Å². The minimum atomic E-state index is -0.137. The van der Waals surface area contributed by atoms with Gasteiger partial charge in [-0.05, 0) is 44.4 Å². The Morgan fingerprint density at radius 2 is 1.62 bits per heavy atom. The first-order valence-electron chi connectivity index (χ1n) is 10.6. The molecule has 162 valence electrons. The van der Waals surface area contributed by atoms with E-state index in [0.717, 1.165) is 28.4 Å². The third kappa shape index (κ3) is 7.24. The van der Waals surface area contributed by atoms with Gasteiger partial charge in [-0.25, -0.2) is 0 Å². The standard InChI is InChI=1S/C22H35N3O4/c1-6-25(13-20(26)23-16(4)5)14-21(27)24-22(15(2)3)17-8-9-18-19(12-17)29-11-7-10-28-18/h8-9,12,15-16,22H,6-7,10-11,13-14H2,1-5H3,(H,23,26)(H,24,27)/p+1/t22-/m1/s1. The summed E-state index contributed by atoms with van der Waals surface area (Å²) in [6, 6.07) is 5.82. The zero-order valence-corrected chi connectivity index (χ0v) is 18.3. The van der Waals surface area contributed by atoms with Crippen LogP contribution in [0.15, 0.2) is 18.2 Å². The number of nitrogens with one attached hydrogen (secondary N) is 3. The van der Waals surface area contributed by atoms with E-state index in [-0.39, 0.29) is 36.4 Å². The molecule has 2 amide bonds. The molecule has 0 aliphatic carbocycles. The van der Waals surface area contributed by atoms with Gasteiger partial charge >= 0.3 is 0 Å². The number of carbonyl (C=O) groups is 2. The Balaban J connectivity index is 2.03. The summed E-state index contributed by atoms with van der Waals surface area (Å²) in [5.41, 5.74) is 0.994. The molecule has 7 heteroatoms. The second-order valence-corrected chi connectivity index (χ2v) is 8.23. The molecule has 1 aliphatic heterocycles. The molecule has 0 saturated carbocycles. The van der Waals surface area contributed by atoms with Gasteiger partial charge in [-0.3, -0.25) is 9.59 Å². The highest BCUT2D eigenvalue weighted by Crippen LogP contribution is 2.34. The molecular weight excluding hydrogens is 370 g/mol. The van der Waals surface area contributed by atoms with Gasteiger partial charge in [0.05, 0.1) is 25.8 Å². The van der Waals surface area contributed by atoms with Gasteiger partial charge in [-0.15, -0.1) is 0 Å².